The predicted octanol–water partition coefficient (Wildman–Crippen LogP) is 2.24. The third-order valence-electron chi connectivity index (χ3n) is 2.80. The van der Waals surface area contributed by atoms with Crippen LogP contribution in [0.3, 0.4) is 0 Å². The molecule has 1 aromatic heterocycles. The Morgan fingerprint density at radius 1 is 1.25 bits per heavy atom. The van der Waals surface area contributed by atoms with E-state index in [9.17, 15) is 5.11 Å². The Kier molecular flexibility index (Phi) is 5.09. The van der Waals surface area contributed by atoms with Crippen LogP contribution in [0.25, 0.3) is 0 Å². The van der Waals surface area contributed by atoms with E-state index < -0.39 is 6.10 Å². The molecule has 0 aliphatic rings. The minimum absolute atomic E-state index is 0.201. The minimum Gasteiger partial charge on any atom is -0.484 e. The van der Waals surface area contributed by atoms with Crippen molar-refractivity contribution >= 4 is 0 Å². The van der Waals surface area contributed by atoms with Crippen molar-refractivity contribution in [1.82, 2.24) is 10.1 Å². The fourth-order valence-electron chi connectivity index (χ4n) is 1.70. The van der Waals surface area contributed by atoms with Gasteiger partial charge in [-0.3, -0.25) is 0 Å². The Balaban J connectivity index is 1.89. The van der Waals surface area contributed by atoms with Crippen molar-refractivity contribution < 1.29 is 19.1 Å². The number of nitrogens with zero attached hydrogens (tertiary/aromatic N) is 2. The third kappa shape index (κ3) is 3.79. The fourth-order valence-corrected chi connectivity index (χ4v) is 1.70. The van der Waals surface area contributed by atoms with Crippen LogP contribution in [0.4, 0.5) is 0 Å². The second-order valence-electron chi connectivity index (χ2n) is 4.32. The number of benzene rings is 1. The van der Waals surface area contributed by atoms with Crippen LogP contribution >= 0.6 is 0 Å². The van der Waals surface area contributed by atoms with Crippen LogP contribution in [0, 0.1) is 0 Å². The Labute approximate surface area is 117 Å². The molecule has 0 saturated heterocycles. The maximum Gasteiger partial charge on any atom is 0.264 e. The number of aliphatic hydroxyl groups is 1. The molecule has 6 nitrogen and oxygen atoms in total. The predicted molar refractivity (Wildman–Crippen MR) is 71.0 cm³/mol. The van der Waals surface area contributed by atoms with Gasteiger partial charge in [-0.2, -0.15) is 4.98 Å². The van der Waals surface area contributed by atoms with Crippen molar-refractivity contribution in [3.8, 4) is 5.75 Å². The molecule has 0 bridgehead atoms. The van der Waals surface area contributed by atoms with Crippen LogP contribution in [-0.4, -0.2) is 22.4 Å². The second-order valence-corrected chi connectivity index (χ2v) is 4.32. The lowest BCUT2D eigenvalue weighted by atomic mass is 10.1. The third-order valence-corrected chi connectivity index (χ3v) is 2.80. The summed E-state index contributed by atoms with van der Waals surface area (Å²) in [6.07, 6.45) is 0.251. The highest BCUT2D eigenvalue weighted by Gasteiger charge is 2.08. The van der Waals surface area contributed by atoms with Gasteiger partial charge >= 0.3 is 0 Å². The SMILES string of the molecule is CCC(O)c1ccc(OCc2nc(COC)no2)cc1. The first-order chi connectivity index (χ1) is 9.72. The number of ether oxygens (including phenoxy) is 2. The zero-order chi connectivity index (χ0) is 14.4. The fraction of sp³-hybridized carbons (Fsp3) is 0.429. The lowest BCUT2D eigenvalue weighted by Crippen LogP contribution is -1.98. The molecule has 6 heteroatoms. The van der Waals surface area contributed by atoms with Gasteiger partial charge < -0.3 is 19.1 Å². The molecule has 2 rings (SSSR count). The summed E-state index contributed by atoms with van der Waals surface area (Å²) in [5.41, 5.74) is 0.875. The molecule has 1 atom stereocenters. The van der Waals surface area contributed by atoms with E-state index in [0.29, 0.717) is 30.5 Å². The molecule has 1 N–H and O–H groups in total. The summed E-state index contributed by atoms with van der Waals surface area (Å²) < 4.78 is 15.4. The molecule has 1 unspecified atom stereocenters. The molecule has 20 heavy (non-hydrogen) atoms. The number of aliphatic hydroxyl groups excluding tert-OH is 1. The van der Waals surface area contributed by atoms with Crippen LogP contribution < -0.4 is 4.74 Å². The summed E-state index contributed by atoms with van der Waals surface area (Å²) >= 11 is 0. The van der Waals surface area contributed by atoms with Gasteiger partial charge in [-0.15, -0.1) is 0 Å². The van der Waals surface area contributed by atoms with Crippen molar-refractivity contribution in [2.45, 2.75) is 32.7 Å². The average molecular weight is 278 g/mol. The van der Waals surface area contributed by atoms with Gasteiger partial charge in [0.15, 0.2) is 12.4 Å². The van der Waals surface area contributed by atoms with Crippen molar-refractivity contribution in [3.05, 3.63) is 41.5 Å². The largest absolute Gasteiger partial charge is 0.484 e. The van der Waals surface area contributed by atoms with E-state index in [4.69, 9.17) is 14.0 Å². The summed E-state index contributed by atoms with van der Waals surface area (Å²) in [7, 11) is 1.57. The van der Waals surface area contributed by atoms with E-state index >= 15 is 0 Å². The van der Waals surface area contributed by atoms with Gasteiger partial charge in [-0.05, 0) is 24.1 Å². The molecule has 0 saturated carbocycles. The Hall–Kier alpha value is -1.92. The average Bonchev–Trinajstić information content (AvgIpc) is 2.93. The van der Waals surface area contributed by atoms with E-state index in [1.54, 1.807) is 19.2 Å². The van der Waals surface area contributed by atoms with Crippen molar-refractivity contribution in [2.24, 2.45) is 0 Å². The van der Waals surface area contributed by atoms with E-state index in [0.717, 1.165) is 5.56 Å². The molecule has 2 aromatic rings. The van der Waals surface area contributed by atoms with Gasteiger partial charge in [-0.1, -0.05) is 24.2 Å². The van der Waals surface area contributed by atoms with Gasteiger partial charge in [0.2, 0.25) is 0 Å². The Morgan fingerprint density at radius 3 is 2.65 bits per heavy atom. The number of hydrogen-bond acceptors (Lipinski definition) is 6. The molecule has 1 heterocycles. The monoisotopic (exact) mass is 278 g/mol. The van der Waals surface area contributed by atoms with E-state index in [2.05, 4.69) is 10.1 Å². The number of rotatable bonds is 7. The summed E-state index contributed by atoms with van der Waals surface area (Å²) in [6.45, 7) is 2.45. The molecule has 108 valence electrons. The second kappa shape index (κ2) is 7.02. The first kappa shape index (κ1) is 14.5. The summed E-state index contributed by atoms with van der Waals surface area (Å²) in [5.74, 6) is 1.57. The first-order valence-corrected chi connectivity index (χ1v) is 6.44. The quantitative estimate of drug-likeness (QED) is 0.837. The molecular weight excluding hydrogens is 260 g/mol. The van der Waals surface area contributed by atoms with Crippen LogP contribution in [0.15, 0.2) is 28.8 Å². The van der Waals surface area contributed by atoms with Crippen molar-refractivity contribution in [2.75, 3.05) is 7.11 Å². The first-order valence-electron chi connectivity index (χ1n) is 6.44. The standard InChI is InChI=1S/C14H18N2O4/c1-3-12(17)10-4-6-11(7-5-10)19-9-14-15-13(8-18-2)16-20-14/h4-7,12,17H,3,8-9H2,1-2H3. The van der Waals surface area contributed by atoms with Crippen LogP contribution in [0.1, 0.15) is 36.7 Å². The van der Waals surface area contributed by atoms with Crippen LogP contribution in [-0.2, 0) is 18.0 Å². The highest BCUT2D eigenvalue weighted by molar-refractivity contribution is 5.28. The lowest BCUT2D eigenvalue weighted by molar-refractivity contribution is 0.173. The maximum absolute atomic E-state index is 9.70. The smallest absolute Gasteiger partial charge is 0.264 e. The van der Waals surface area contributed by atoms with Gasteiger partial charge in [0.1, 0.15) is 12.4 Å². The normalized spacial score (nSPS) is 12.3. The van der Waals surface area contributed by atoms with Crippen molar-refractivity contribution in [1.29, 1.82) is 0 Å². The summed E-state index contributed by atoms with van der Waals surface area (Å²) in [6, 6.07) is 7.29. The summed E-state index contributed by atoms with van der Waals surface area (Å²) in [4.78, 5) is 4.11. The minimum atomic E-state index is -0.434. The molecular formula is C14H18N2O4. The van der Waals surface area contributed by atoms with Gasteiger partial charge in [0, 0.05) is 7.11 Å². The highest BCUT2D eigenvalue weighted by Crippen LogP contribution is 2.20. The molecule has 0 spiro atoms. The molecule has 0 amide bonds. The number of methoxy groups -OCH3 is 1. The Bertz CT molecular complexity index is 524. The zero-order valence-corrected chi connectivity index (χ0v) is 11.6. The molecule has 0 aliphatic carbocycles. The number of hydrogen-bond donors (Lipinski definition) is 1. The molecule has 0 radical (unpaired) electrons. The van der Waals surface area contributed by atoms with E-state index in [1.165, 1.54) is 0 Å². The lowest BCUT2D eigenvalue weighted by Gasteiger charge is -2.09. The van der Waals surface area contributed by atoms with E-state index in [1.807, 2.05) is 19.1 Å². The topological polar surface area (TPSA) is 77.6 Å². The summed E-state index contributed by atoms with van der Waals surface area (Å²) in [5, 5.41) is 13.4. The zero-order valence-electron chi connectivity index (χ0n) is 11.6. The van der Waals surface area contributed by atoms with Crippen molar-refractivity contribution in [3.63, 3.8) is 0 Å². The van der Waals surface area contributed by atoms with Crippen LogP contribution in [0.2, 0.25) is 0 Å². The van der Waals surface area contributed by atoms with Gasteiger partial charge in [0.05, 0.1) is 6.10 Å². The Morgan fingerprint density at radius 2 is 2.00 bits per heavy atom. The molecule has 0 aliphatic heterocycles. The maximum atomic E-state index is 9.70. The highest BCUT2D eigenvalue weighted by atomic mass is 16.5. The number of aromatic nitrogens is 2. The van der Waals surface area contributed by atoms with E-state index in [-0.39, 0.29) is 6.61 Å². The van der Waals surface area contributed by atoms with Gasteiger partial charge in [-0.25, -0.2) is 0 Å². The molecule has 1 aromatic carbocycles. The van der Waals surface area contributed by atoms with Gasteiger partial charge in [0.25, 0.3) is 5.89 Å². The van der Waals surface area contributed by atoms with Crippen LogP contribution in [0.5, 0.6) is 5.75 Å². The molecule has 0 fully saturated rings.